The molecule has 24 heavy (non-hydrogen) atoms. The Hall–Kier alpha value is -0.482. The normalized spacial score (nSPS) is 11.5. The molecule has 1 heteroatoms. The van der Waals surface area contributed by atoms with E-state index in [1.807, 2.05) is 0 Å². The monoisotopic (exact) mass is 432 g/mol. The molecular weight excluding hydrogens is 398 g/mol. The van der Waals surface area contributed by atoms with Crippen molar-refractivity contribution in [2.75, 3.05) is 0 Å². The van der Waals surface area contributed by atoms with Gasteiger partial charge in [0.15, 0.2) is 0 Å². The first-order valence-corrected chi connectivity index (χ1v) is 15.0. The molecule has 0 spiro atoms. The van der Waals surface area contributed by atoms with Crippen molar-refractivity contribution in [3.8, 4) is 0 Å². The molecule has 0 heterocycles. The summed E-state index contributed by atoms with van der Waals surface area (Å²) in [5.41, 5.74) is 0. The van der Waals surface area contributed by atoms with Gasteiger partial charge in [0.05, 0.1) is 0 Å². The standard InChI is InChI=1S/C10H7.C10H21.C3H7.Sb/c1-2-6-10-8-4-3-7-9(10)5-1;1-3-5-7-9-10-8-6-4-2;1-3-2;/h1-7H;1,3-10H2,2H3;1,3H2,2H3;/q;;;+1. The minimum absolute atomic E-state index is 1.31. The summed E-state index contributed by atoms with van der Waals surface area (Å²) in [6.45, 7) is 4.67. The van der Waals surface area contributed by atoms with Crippen molar-refractivity contribution in [3.05, 3.63) is 42.5 Å². The fourth-order valence-electron chi connectivity index (χ4n) is 3.54. The van der Waals surface area contributed by atoms with Crippen LogP contribution in [0.3, 0.4) is 0 Å². The molecule has 0 amide bonds. The van der Waals surface area contributed by atoms with Gasteiger partial charge in [-0.1, -0.05) is 0 Å². The van der Waals surface area contributed by atoms with Gasteiger partial charge in [0.2, 0.25) is 0 Å². The minimum atomic E-state index is -1.31. The van der Waals surface area contributed by atoms with Crippen molar-refractivity contribution in [1.29, 1.82) is 0 Å². The van der Waals surface area contributed by atoms with Gasteiger partial charge in [-0.2, -0.15) is 0 Å². The predicted molar refractivity (Wildman–Crippen MR) is 112 cm³/mol. The summed E-state index contributed by atoms with van der Waals surface area (Å²) in [6, 6.07) is 16.0. The topological polar surface area (TPSA) is 0 Å². The molecule has 2 aromatic carbocycles. The van der Waals surface area contributed by atoms with Crippen LogP contribution in [0.5, 0.6) is 0 Å². The van der Waals surface area contributed by atoms with E-state index >= 15 is 0 Å². The molecule has 0 N–H and O–H groups in total. The second kappa shape index (κ2) is 12.0. The van der Waals surface area contributed by atoms with E-state index in [0.29, 0.717) is 0 Å². The molecule has 0 unspecified atom stereocenters. The summed E-state index contributed by atoms with van der Waals surface area (Å²) in [5.74, 6) is 0. The molecule has 0 aliphatic carbocycles. The third kappa shape index (κ3) is 6.44. The van der Waals surface area contributed by atoms with Crippen LogP contribution in [0.2, 0.25) is 8.73 Å². The predicted octanol–water partition coefficient (Wildman–Crippen LogP) is 7.09. The number of rotatable bonds is 12. The Morgan fingerprint density at radius 2 is 1.29 bits per heavy atom. The fraction of sp³-hybridized carbons (Fsp3) is 0.565. The third-order valence-corrected chi connectivity index (χ3v) is 13.2. The van der Waals surface area contributed by atoms with Gasteiger partial charge in [0, 0.05) is 0 Å². The number of fused-ring (bicyclic) bond motifs is 1. The average Bonchev–Trinajstić information content (AvgIpc) is 2.62. The number of hydrogen-bond acceptors (Lipinski definition) is 0. The Bertz CT molecular complexity index is 570. The summed E-state index contributed by atoms with van der Waals surface area (Å²) in [4.78, 5) is 0. The van der Waals surface area contributed by atoms with Gasteiger partial charge in [0.25, 0.3) is 0 Å². The number of unbranched alkanes of at least 4 members (excludes halogenated alkanes) is 7. The summed E-state index contributed by atoms with van der Waals surface area (Å²) < 4.78 is 4.81. The van der Waals surface area contributed by atoms with E-state index < -0.39 is 20.2 Å². The van der Waals surface area contributed by atoms with Crippen LogP contribution in [0.15, 0.2) is 42.5 Å². The Kier molecular flexibility index (Phi) is 9.89. The molecule has 0 atom stereocenters. The Morgan fingerprint density at radius 1 is 0.625 bits per heavy atom. The second-order valence-corrected chi connectivity index (χ2v) is 14.0. The van der Waals surface area contributed by atoms with Crippen molar-refractivity contribution in [3.63, 3.8) is 0 Å². The first-order chi connectivity index (χ1) is 11.9. The zero-order chi connectivity index (χ0) is 17.0. The fourth-order valence-corrected chi connectivity index (χ4v) is 11.2. The van der Waals surface area contributed by atoms with E-state index in [2.05, 4.69) is 56.3 Å². The van der Waals surface area contributed by atoms with Crippen molar-refractivity contribution >= 4 is 34.5 Å². The molecule has 1 radical (unpaired) electrons. The summed E-state index contributed by atoms with van der Waals surface area (Å²) in [7, 11) is 0. The van der Waals surface area contributed by atoms with Gasteiger partial charge in [-0.05, 0) is 0 Å². The molecule has 0 aliphatic rings. The van der Waals surface area contributed by atoms with E-state index in [1.54, 1.807) is 13.3 Å². The molecular formula is C23H35Sb+. The van der Waals surface area contributed by atoms with E-state index in [9.17, 15) is 0 Å². The molecule has 0 fully saturated rings. The van der Waals surface area contributed by atoms with Gasteiger partial charge >= 0.3 is 157 Å². The van der Waals surface area contributed by atoms with Crippen molar-refractivity contribution < 1.29 is 0 Å². The molecule has 0 nitrogen and oxygen atoms in total. The Balaban J connectivity index is 1.85. The second-order valence-electron chi connectivity index (χ2n) is 6.96. The summed E-state index contributed by atoms with van der Waals surface area (Å²) in [5, 5.41) is 2.99. The van der Waals surface area contributed by atoms with Gasteiger partial charge in [0.1, 0.15) is 0 Å². The van der Waals surface area contributed by atoms with Crippen molar-refractivity contribution in [2.45, 2.75) is 80.4 Å². The third-order valence-electron chi connectivity index (χ3n) is 4.88. The average molecular weight is 433 g/mol. The van der Waals surface area contributed by atoms with Gasteiger partial charge in [-0.25, -0.2) is 0 Å². The summed E-state index contributed by atoms with van der Waals surface area (Å²) >= 11 is -1.31. The van der Waals surface area contributed by atoms with Crippen LogP contribution in [0.4, 0.5) is 0 Å². The summed E-state index contributed by atoms with van der Waals surface area (Å²) in [6.07, 6.45) is 12.9. The molecule has 2 aromatic rings. The Morgan fingerprint density at radius 3 is 2.04 bits per heavy atom. The molecule has 0 aromatic heterocycles. The Labute approximate surface area is 157 Å². The first-order valence-electron chi connectivity index (χ1n) is 10.1. The van der Waals surface area contributed by atoms with Gasteiger partial charge in [-0.15, -0.1) is 0 Å². The molecule has 0 aliphatic heterocycles. The SMILES string of the molecule is CCCCCCCCC[CH2][Sb+]([CH2]CC)[c]1cccc2ccccc12. The zero-order valence-corrected chi connectivity index (χ0v) is 18.3. The maximum absolute atomic E-state index is 2.45. The van der Waals surface area contributed by atoms with Crippen molar-refractivity contribution in [1.82, 2.24) is 0 Å². The zero-order valence-electron chi connectivity index (χ0n) is 15.8. The molecule has 0 bridgehead atoms. The van der Waals surface area contributed by atoms with Gasteiger partial charge in [-0.3, -0.25) is 0 Å². The first kappa shape index (κ1) is 19.8. The van der Waals surface area contributed by atoms with Crippen molar-refractivity contribution in [2.24, 2.45) is 0 Å². The van der Waals surface area contributed by atoms with Crippen LogP contribution in [0.25, 0.3) is 10.8 Å². The van der Waals surface area contributed by atoms with E-state index in [0.717, 1.165) is 0 Å². The molecule has 0 saturated heterocycles. The van der Waals surface area contributed by atoms with Gasteiger partial charge < -0.3 is 0 Å². The van der Waals surface area contributed by atoms with E-state index in [1.165, 1.54) is 67.5 Å². The van der Waals surface area contributed by atoms with Crippen LogP contribution in [0.1, 0.15) is 71.6 Å². The molecule has 0 saturated carbocycles. The molecule has 131 valence electrons. The van der Waals surface area contributed by atoms with E-state index in [-0.39, 0.29) is 0 Å². The quantitative estimate of drug-likeness (QED) is 0.248. The van der Waals surface area contributed by atoms with Crippen LogP contribution < -0.4 is 3.51 Å². The number of hydrogen-bond donors (Lipinski definition) is 0. The molecule has 2 rings (SSSR count). The maximum atomic E-state index is 2.45. The van der Waals surface area contributed by atoms with Crippen LogP contribution in [-0.2, 0) is 0 Å². The van der Waals surface area contributed by atoms with Crippen LogP contribution in [-0.4, -0.2) is 20.2 Å². The van der Waals surface area contributed by atoms with Crippen LogP contribution in [0, 0.1) is 0 Å². The number of benzene rings is 2. The van der Waals surface area contributed by atoms with Crippen LogP contribution >= 0.6 is 0 Å². The van der Waals surface area contributed by atoms with E-state index in [4.69, 9.17) is 0 Å².